The second kappa shape index (κ2) is 13.2. The second-order valence-electron chi connectivity index (χ2n) is 9.53. The Morgan fingerprint density at radius 1 is 0.947 bits per heavy atom. The van der Waals surface area contributed by atoms with Gasteiger partial charge in [0.15, 0.2) is 0 Å². The topological polar surface area (TPSA) is 67.0 Å². The SMILES string of the molecule is [C-]#[N+]C(C#N)=C1N(CCC(=O)Nc2cc(CN3CCCCC3)ccc2Cl)CCN1Cc1cc(Cl)cc(Cl)c1. The van der Waals surface area contributed by atoms with Gasteiger partial charge in [0, 0.05) is 49.2 Å². The first-order chi connectivity index (χ1) is 18.4. The fraction of sp³-hybridized carbons (Fsp3) is 0.393. The zero-order valence-electron chi connectivity index (χ0n) is 21.0. The summed E-state index contributed by atoms with van der Waals surface area (Å²) in [6.45, 7) is 12.5. The fourth-order valence-corrected chi connectivity index (χ4v) is 5.70. The van der Waals surface area contributed by atoms with Crippen LogP contribution in [0.25, 0.3) is 4.85 Å². The molecule has 0 radical (unpaired) electrons. The van der Waals surface area contributed by atoms with Crippen molar-refractivity contribution >= 4 is 46.4 Å². The minimum Gasteiger partial charge on any atom is -0.364 e. The monoisotopic (exact) mass is 570 g/mol. The minimum atomic E-state index is -0.178. The van der Waals surface area contributed by atoms with E-state index in [1.165, 1.54) is 19.3 Å². The van der Waals surface area contributed by atoms with Gasteiger partial charge in [0.25, 0.3) is 0 Å². The molecule has 2 heterocycles. The van der Waals surface area contributed by atoms with Crippen molar-refractivity contribution in [2.75, 3.05) is 38.0 Å². The molecule has 0 aromatic heterocycles. The number of likely N-dealkylation sites (tertiary alicyclic amines) is 1. The molecule has 10 heteroatoms. The molecule has 0 unspecified atom stereocenters. The molecular formula is C28H29Cl3N6O. The van der Waals surface area contributed by atoms with Crippen LogP contribution in [0, 0.1) is 17.9 Å². The molecule has 0 bridgehead atoms. The lowest BCUT2D eigenvalue weighted by molar-refractivity contribution is -0.116. The summed E-state index contributed by atoms with van der Waals surface area (Å²) < 4.78 is 0. The molecule has 0 atom stereocenters. The first-order valence-electron chi connectivity index (χ1n) is 12.6. The van der Waals surface area contributed by atoms with E-state index in [-0.39, 0.29) is 18.0 Å². The van der Waals surface area contributed by atoms with Crippen LogP contribution < -0.4 is 5.32 Å². The molecule has 7 nitrogen and oxygen atoms in total. The summed E-state index contributed by atoms with van der Waals surface area (Å²) in [6.07, 6.45) is 3.90. The van der Waals surface area contributed by atoms with E-state index in [1.54, 1.807) is 6.07 Å². The maximum Gasteiger partial charge on any atom is 0.300 e. The Balaban J connectivity index is 1.40. The summed E-state index contributed by atoms with van der Waals surface area (Å²) in [5.41, 5.74) is 2.58. The van der Waals surface area contributed by atoms with E-state index in [0.29, 0.717) is 52.8 Å². The second-order valence-corrected chi connectivity index (χ2v) is 10.8. The molecule has 2 aromatic rings. The molecule has 2 fully saturated rings. The van der Waals surface area contributed by atoms with Gasteiger partial charge in [-0.25, -0.2) is 10.1 Å². The van der Waals surface area contributed by atoms with Crippen molar-refractivity contribution in [3.8, 4) is 6.07 Å². The Bertz CT molecular complexity index is 1260. The molecule has 198 valence electrons. The lowest BCUT2D eigenvalue weighted by atomic mass is 10.1. The van der Waals surface area contributed by atoms with Gasteiger partial charge in [0.2, 0.25) is 5.91 Å². The van der Waals surface area contributed by atoms with Gasteiger partial charge in [-0.2, -0.15) is 0 Å². The standard InChI is InChI=1S/C28H29Cl3N6O/c1-33-26(17-32)28-36(11-12-37(28)19-21-13-22(29)16-23(30)14-21)10-7-27(38)34-25-15-20(5-6-24(25)31)18-35-8-3-2-4-9-35/h5-6,13-16H,2-4,7-12,18-19H2,(H,34,38). The van der Waals surface area contributed by atoms with Crippen molar-refractivity contribution in [1.29, 1.82) is 5.26 Å². The molecule has 1 amide bonds. The van der Waals surface area contributed by atoms with Gasteiger partial charge in [0.1, 0.15) is 5.82 Å². The summed E-state index contributed by atoms with van der Waals surface area (Å²) in [5.74, 6) is 0.343. The average Bonchev–Trinajstić information content (AvgIpc) is 3.27. The molecule has 2 saturated heterocycles. The summed E-state index contributed by atoms with van der Waals surface area (Å²) in [4.78, 5) is 22.6. The number of carbonyl (C=O) groups excluding carboxylic acids is 1. The van der Waals surface area contributed by atoms with Crippen molar-refractivity contribution in [2.45, 2.75) is 38.8 Å². The number of piperidine rings is 1. The molecule has 1 N–H and O–H groups in total. The fourth-order valence-electron chi connectivity index (χ4n) is 4.96. The van der Waals surface area contributed by atoms with E-state index in [0.717, 1.165) is 30.8 Å². The highest BCUT2D eigenvalue weighted by atomic mass is 35.5. The van der Waals surface area contributed by atoms with Gasteiger partial charge >= 0.3 is 5.70 Å². The first kappa shape index (κ1) is 28.1. The Hall–Kier alpha value is -2.94. The van der Waals surface area contributed by atoms with Gasteiger partial charge in [-0.1, -0.05) is 47.3 Å². The van der Waals surface area contributed by atoms with Crippen LogP contribution in [0.1, 0.15) is 36.8 Å². The third kappa shape index (κ3) is 7.34. The van der Waals surface area contributed by atoms with E-state index in [9.17, 15) is 10.1 Å². The molecule has 4 rings (SSSR count). The van der Waals surface area contributed by atoms with E-state index >= 15 is 0 Å². The summed E-state index contributed by atoms with van der Waals surface area (Å²) in [6, 6.07) is 13.1. The number of amides is 1. The Kier molecular flexibility index (Phi) is 9.77. The lowest BCUT2D eigenvalue weighted by Gasteiger charge is -2.26. The Morgan fingerprint density at radius 3 is 2.34 bits per heavy atom. The van der Waals surface area contributed by atoms with Crippen LogP contribution in [0.2, 0.25) is 15.1 Å². The highest BCUT2D eigenvalue weighted by Crippen LogP contribution is 2.28. The highest BCUT2D eigenvalue weighted by Gasteiger charge is 2.29. The third-order valence-electron chi connectivity index (χ3n) is 6.73. The number of carbonyl (C=O) groups is 1. The first-order valence-corrected chi connectivity index (χ1v) is 13.8. The van der Waals surface area contributed by atoms with Crippen LogP contribution >= 0.6 is 34.8 Å². The number of nitriles is 1. The average molecular weight is 572 g/mol. The molecule has 38 heavy (non-hydrogen) atoms. The number of nitrogens with zero attached hydrogens (tertiary/aromatic N) is 5. The zero-order chi connectivity index (χ0) is 27.1. The van der Waals surface area contributed by atoms with E-state index < -0.39 is 0 Å². The maximum atomic E-state index is 12.9. The quantitative estimate of drug-likeness (QED) is 0.294. The smallest absolute Gasteiger partial charge is 0.300 e. The predicted octanol–water partition coefficient (Wildman–Crippen LogP) is 6.39. The molecule has 2 aromatic carbocycles. The van der Waals surface area contributed by atoms with Crippen LogP contribution in [0.3, 0.4) is 0 Å². The Labute approximate surface area is 239 Å². The number of anilines is 1. The van der Waals surface area contributed by atoms with Gasteiger partial charge in [0.05, 0.1) is 23.4 Å². The number of nitrogens with one attached hydrogen (secondary N) is 1. The number of hydrogen-bond acceptors (Lipinski definition) is 5. The van der Waals surface area contributed by atoms with Gasteiger partial charge in [-0.15, -0.1) is 0 Å². The number of hydrogen-bond donors (Lipinski definition) is 1. The van der Waals surface area contributed by atoms with Gasteiger partial charge in [-0.3, -0.25) is 9.69 Å². The number of rotatable bonds is 8. The van der Waals surface area contributed by atoms with Gasteiger partial charge < -0.3 is 15.1 Å². The number of benzene rings is 2. The normalized spacial score (nSPS) is 17.2. The zero-order valence-corrected chi connectivity index (χ0v) is 23.3. The van der Waals surface area contributed by atoms with Crippen LogP contribution in [0.15, 0.2) is 47.9 Å². The van der Waals surface area contributed by atoms with Crippen molar-refractivity contribution in [3.63, 3.8) is 0 Å². The van der Waals surface area contributed by atoms with Crippen LogP contribution in [0.4, 0.5) is 5.69 Å². The maximum absolute atomic E-state index is 12.9. The molecule has 0 spiro atoms. The summed E-state index contributed by atoms with van der Waals surface area (Å²) >= 11 is 18.7. The van der Waals surface area contributed by atoms with E-state index in [4.69, 9.17) is 41.4 Å². The van der Waals surface area contributed by atoms with Crippen LogP contribution in [0.5, 0.6) is 0 Å². The highest BCUT2D eigenvalue weighted by molar-refractivity contribution is 6.34. The van der Waals surface area contributed by atoms with Crippen molar-refractivity contribution in [2.24, 2.45) is 0 Å². The molecule has 2 aliphatic rings. The minimum absolute atomic E-state index is 0.00973. The molecule has 0 aliphatic carbocycles. The van der Waals surface area contributed by atoms with Crippen molar-refractivity contribution in [1.82, 2.24) is 14.7 Å². The largest absolute Gasteiger partial charge is 0.364 e. The van der Waals surface area contributed by atoms with Crippen LogP contribution in [-0.2, 0) is 17.9 Å². The van der Waals surface area contributed by atoms with Crippen molar-refractivity contribution in [3.05, 3.63) is 85.5 Å². The van der Waals surface area contributed by atoms with Crippen LogP contribution in [-0.4, -0.2) is 53.3 Å². The van der Waals surface area contributed by atoms with Gasteiger partial charge in [-0.05, 0) is 67.4 Å². The van der Waals surface area contributed by atoms with E-state index in [1.807, 2.05) is 46.2 Å². The summed E-state index contributed by atoms with van der Waals surface area (Å²) in [5, 5.41) is 14.1. The molecule has 2 aliphatic heterocycles. The molecular weight excluding hydrogens is 543 g/mol. The molecule has 0 saturated carbocycles. The van der Waals surface area contributed by atoms with Crippen molar-refractivity contribution < 1.29 is 4.79 Å². The Morgan fingerprint density at radius 2 is 1.66 bits per heavy atom. The lowest BCUT2D eigenvalue weighted by Crippen LogP contribution is -2.29. The predicted molar refractivity (Wildman–Crippen MR) is 152 cm³/mol. The van der Waals surface area contributed by atoms with E-state index in [2.05, 4.69) is 15.1 Å². The number of allylic oxidation sites excluding steroid dienone is 1. The summed E-state index contributed by atoms with van der Waals surface area (Å²) in [7, 11) is 0. The number of halogens is 3. The third-order valence-corrected chi connectivity index (χ3v) is 7.50.